The molecule has 2 heterocycles. The van der Waals surface area contributed by atoms with Crippen LogP contribution in [0.2, 0.25) is 0 Å². The first-order valence-corrected chi connectivity index (χ1v) is 7.62. The van der Waals surface area contributed by atoms with E-state index in [0.717, 1.165) is 5.69 Å². The number of amides is 1. The van der Waals surface area contributed by atoms with E-state index in [2.05, 4.69) is 15.3 Å². The minimum atomic E-state index is -0.554. The van der Waals surface area contributed by atoms with Gasteiger partial charge in [0.15, 0.2) is 0 Å². The summed E-state index contributed by atoms with van der Waals surface area (Å²) in [6.07, 6.45) is 1.59. The highest BCUT2D eigenvalue weighted by Gasteiger charge is 2.16. The van der Waals surface area contributed by atoms with Crippen molar-refractivity contribution >= 4 is 17.6 Å². The standard InChI is InChI=1S/C17H22N4O3/c1-17(2,3)24-16(22)21-14-6-4-5-13(20-14)9-10-23-15-8-7-12(18)11-19-15/h4-8,11H,9-10,18H2,1-3H3,(H,20,21,22). The van der Waals surface area contributed by atoms with Gasteiger partial charge < -0.3 is 15.2 Å². The molecule has 0 aromatic carbocycles. The number of nitrogens with zero attached hydrogens (tertiary/aromatic N) is 2. The van der Waals surface area contributed by atoms with Crippen molar-refractivity contribution < 1.29 is 14.3 Å². The number of nitrogens with two attached hydrogens (primary N) is 1. The molecule has 2 aromatic heterocycles. The number of rotatable bonds is 5. The first-order chi connectivity index (χ1) is 11.3. The van der Waals surface area contributed by atoms with Crippen LogP contribution in [0.3, 0.4) is 0 Å². The minimum absolute atomic E-state index is 0.416. The molecule has 24 heavy (non-hydrogen) atoms. The zero-order valence-corrected chi connectivity index (χ0v) is 14.1. The van der Waals surface area contributed by atoms with Crippen molar-refractivity contribution in [2.45, 2.75) is 32.8 Å². The number of hydrogen-bond acceptors (Lipinski definition) is 6. The normalized spacial score (nSPS) is 11.0. The van der Waals surface area contributed by atoms with Gasteiger partial charge in [-0.3, -0.25) is 5.32 Å². The summed E-state index contributed by atoms with van der Waals surface area (Å²) < 4.78 is 10.7. The zero-order chi connectivity index (χ0) is 17.6. The summed E-state index contributed by atoms with van der Waals surface area (Å²) in [6, 6.07) is 8.82. The number of ether oxygens (including phenoxy) is 2. The summed E-state index contributed by atoms with van der Waals surface area (Å²) in [5.41, 5.74) is 6.39. The maximum atomic E-state index is 11.7. The average Bonchev–Trinajstić information content (AvgIpc) is 2.48. The fraction of sp³-hybridized carbons (Fsp3) is 0.353. The molecule has 0 atom stereocenters. The highest BCUT2D eigenvalue weighted by Crippen LogP contribution is 2.12. The predicted molar refractivity (Wildman–Crippen MR) is 91.9 cm³/mol. The largest absolute Gasteiger partial charge is 0.477 e. The Bertz CT molecular complexity index is 681. The summed E-state index contributed by atoms with van der Waals surface area (Å²) in [6.45, 7) is 5.83. The number of anilines is 2. The van der Waals surface area contributed by atoms with E-state index in [0.29, 0.717) is 30.4 Å². The van der Waals surface area contributed by atoms with Gasteiger partial charge in [-0.15, -0.1) is 0 Å². The van der Waals surface area contributed by atoms with Crippen LogP contribution in [0.5, 0.6) is 5.88 Å². The van der Waals surface area contributed by atoms with Crippen molar-refractivity contribution in [3.05, 3.63) is 42.2 Å². The molecule has 0 aliphatic carbocycles. The summed E-state index contributed by atoms with van der Waals surface area (Å²) in [7, 11) is 0. The van der Waals surface area contributed by atoms with E-state index in [1.165, 1.54) is 0 Å². The van der Waals surface area contributed by atoms with Crippen molar-refractivity contribution in [1.29, 1.82) is 0 Å². The monoisotopic (exact) mass is 330 g/mol. The highest BCUT2D eigenvalue weighted by atomic mass is 16.6. The second-order valence-electron chi connectivity index (χ2n) is 6.17. The second kappa shape index (κ2) is 7.63. The Labute approximate surface area is 141 Å². The predicted octanol–water partition coefficient (Wildman–Crippen LogP) is 3.03. The van der Waals surface area contributed by atoms with Gasteiger partial charge in [-0.25, -0.2) is 14.8 Å². The van der Waals surface area contributed by atoms with Crippen molar-refractivity contribution in [2.24, 2.45) is 0 Å². The fourth-order valence-corrected chi connectivity index (χ4v) is 1.83. The lowest BCUT2D eigenvalue weighted by Gasteiger charge is -2.19. The molecule has 0 saturated heterocycles. The molecule has 0 bridgehead atoms. The molecular weight excluding hydrogens is 308 g/mol. The first kappa shape index (κ1) is 17.5. The molecule has 0 saturated carbocycles. The van der Waals surface area contributed by atoms with E-state index in [9.17, 15) is 4.79 Å². The number of aromatic nitrogens is 2. The van der Waals surface area contributed by atoms with Gasteiger partial charge in [0.05, 0.1) is 18.5 Å². The van der Waals surface area contributed by atoms with Gasteiger partial charge in [-0.2, -0.15) is 0 Å². The third-order valence-electron chi connectivity index (χ3n) is 2.80. The molecule has 7 heteroatoms. The smallest absolute Gasteiger partial charge is 0.413 e. The van der Waals surface area contributed by atoms with Crippen molar-refractivity contribution in [3.63, 3.8) is 0 Å². The molecule has 128 valence electrons. The first-order valence-electron chi connectivity index (χ1n) is 7.62. The molecule has 0 fully saturated rings. The number of carbonyl (C=O) groups excluding carboxylic acids is 1. The lowest BCUT2D eigenvalue weighted by atomic mass is 10.2. The maximum absolute atomic E-state index is 11.7. The van der Waals surface area contributed by atoms with E-state index in [4.69, 9.17) is 15.2 Å². The van der Waals surface area contributed by atoms with Crippen LogP contribution in [-0.4, -0.2) is 28.3 Å². The number of hydrogen-bond donors (Lipinski definition) is 2. The Morgan fingerprint density at radius 3 is 2.71 bits per heavy atom. The summed E-state index contributed by atoms with van der Waals surface area (Å²) in [5, 5.41) is 2.61. The van der Waals surface area contributed by atoms with Crippen molar-refractivity contribution in [2.75, 3.05) is 17.7 Å². The molecule has 7 nitrogen and oxygen atoms in total. The highest BCUT2D eigenvalue weighted by molar-refractivity contribution is 5.83. The fourth-order valence-electron chi connectivity index (χ4n) is 1.83. The van der Waals surface area contributed by atoms with Crippen LogP contribution < -0.4 is 15.8 Å². The Morgan fingerprint density at radius 2 is 2.04 bits per heavy atom. The number of carbonyl (C=O) groups is 1. The molecule has 2 rings (SSSR count). The molecule has 0 unspecified atom stereocenters. The van der Waals surface area contributed by atoms with Gasteiger partial charge in [-0.1, -0.05) is 6.07 Å². The molecule has 0 radical (unpaired) electrons. The Hall–Kier alpha value is -2.83. The Kier molecular flexibility index (Phi) is 5.57. The Morgan fingerprint density at radius 1 is 1.25 bits per heavy atom. The summed E-state index contributed by atoms with van der Waals surface area (Å²) >= 11 is 0. The molecule has 0 aliphatic rings. The third-order valence-corrected chi connectivity index (χ3v) is 2.80. The van der Waals surface area contributed by atoms with Crippen LogP contribution in [-0.2, 0) is 11.2 Å². The minimum Gasteiger partial charge on any atom is -0.477 e. The molecule has 1 amide bonds. The van der Waals surface area contributed by atoms with Crippen LogP contribution in [0.4, 0.5) is 16.3 Å². The van der Waals surface area contributed by atoms with Gasteiger partial charge in [0.2, 0.25) is 5.88 Å². The van der Waals surface area contributed by atoms with E-state index in [-0.39, 0.29) is 0 Å². The Balaban J connectivity index is 1.86. The van der Waals surface area contributed by atoms with Crippen LogP contribution in [0.1, 0.15) is 26.5 Å². The molecule has 3 N–H and O–H groups in total. The van der Waals surface area contributed by atoms with Gasteiger partial charge in [0, 0.05) is 18.2 Å². The second-order valence-corrected chi connectivity index (χ2v) is 6.17. The van der Waals surface area contributed by atoms with E-state index < -0.39 is 11.7 Å². The van der Waals surface area contributed by atoms with Crippen LogP contribution >= 0.6 is 0 Å². The maximum Gasteiger partial charge on any atom is 0.413 e. The van der Waals surface area contributed by atoms with Crippen LogP contribution in [0.15, 0.2) is 36.5 Å². The van der Waals surface area contributed by atoms with Crippen LogP contribution in [0, 0.1) is 0 Å². The lowest BCUT2D eigenvalue weighted by Crippen LogP contribution is -2.27. The lowest BCUT2D eigenvalue weighted by molar-refractivity contribution is 0.0635. The third kappa shape index (κ3) is 6.12. The van der Waals surface area contributed by atoms with Crippen LogP contribution in [0.25, 0.3) is 0 Å². The number of pyridine rings is 2. The van der Waals surface area contributed by atoms with E-state index in [1.807, 2.05) is 12.1 Å². The molecule has 0 spiro atoms. The van der Waals surface area contributed by atoms with Crippen molar-refractivity contribution in [3.8, 4) is 5.88 Å². The van der Waals surface area contributed by atoms with Gasteiger partial charge in [-0.05, 0) is 39.0 Å². The van der Waals surface area contributed by atoms with E-state index >= 15 is 0 Å². The quantitative estimate of drug-likeness (QED) is 0.874. The molecular formula is C17H22N4O3. The zero-order valence-electron chi connectivity index (χ0n) is 14.1. The van der Waals surface area contributed by atoms with Gasteiger partial charge >= 0.3 is 6.09 Å². The van der Waals surface area contributed by atoms with Gasteiger partial charge in [0.25, 0.3) is 0 Å². The summed E-state index contributed by atoms with van der Waals surface area (Å²) in [4.78, 5) is 20.2. The number of nitrogen functional groups attached to an aromatic ring is 1. The molecule has 2 aromatic rings. The van der Waals surface area contributed by atoms with E-state index in [1.54, 1.807) is 45.2 Å². The van der Waals surface area contributed by atoms with Crippen molar-refractivity contribution in [1.82, 2.24) is 9.97 Å². The SMILES string of the molecule is CC(C)(C)OC(=O)Nc1cccc(CCOc2ccc(N)cn2)n1. The average molecular weight is 330 g/mol. The topological polar surface area (TPSA) is 99.4 Å². The summed E-state index contributed by atoms with van der Waals surface area (Å²) in [5.74, 6) is 0.944. The molecule has 0 aliphatic heterocycles. The van der Waals surface area contributed by atoms with Gasteiger partial charge in [0.1, 0.15) is 11.4 Å². The number of nitrogens with one attached hydrogen (secondary N) is 1.